The van der Waals surface area contributed by atoms with E-state index < -0.39 is 9.84 Å². The van der Waals surface area contributed by atoms with Crippen LogP contribution >= 0.6 is 0 Å². The van der Waals surface area contributed by atoms with Crippen LogP contribution in [0.3, 0.4) is 0 Å². The van der Waals surface area contributed by atoms with Gasteiger partial charge in [0.25, 0.3) is 5.91 Å². The van der Waals surface area contributed by atoms with Crippen molar-refractivity contribution < 1.29 is 13.2 Å². The minimum atomic E-state index is -3.08. The van der Waals surface area contributed by atoms with Crippen molar-refractivity contribution in [2.24, 2.45) is 13.0 Å². The first kappa shape index (κ1) is 15.8. The van der Waals surface area contributed by atoms with Crippen molar-refractivity contribution in [3.05, 3.63) is 30.4 Å². The lowest BCUT2D eigenvalue weighted by molar-refractivity contribution is 0.0752. The highest BCUT2D eigenvalue weighted by molar-refractivity contribution is 7.91. The van der Waals surface area contributed by atoms with Crippen molar-refractivity contribution in [2.75, 3.05) is 24.6 Å². The number of amides is 1. The van der Waals surface area contributed by atoms with Gasteiger partial charge < -0.3 is 9.88 Å². The van der Waals surface area contributed by atoms with Crippen LogP contribution in [0.1, 0.15) is 17.3 Å². The molecule has 1 aliphatic heterocycles. The Morgan fingerprint density at radius 2 is 2.17 bits per heavy atom. The SMILES string of the molecule is CC1CN(C(=O)c2c[nH]cc2-c2cnn(C)c2)CCS(=O)(=O)C1. The van der Waals surface area contributed by atoms with Crippen LogP contribution in [0, 0.1) is 5.92 Å². The Labute approximate surface area is 135 Å². The summed E-state index contributed by atoms with van der Waals surface area (Å²) in [4.78, 5) is 17.5. The number of aromatic nitrogens is 3. The zero-order valence-electron chi connectivity index (χ0n) is 13.2. The number of aryl methyl sites for hydroxylation is 1. The first-order valence-electron chi connectivity index (χ1n) is 7.51. The molecule has 3 heterocycles. The summed E-state index contributed by atoms with van der Waals surface area (Å²) in [5.41, 5.74) is 2.18. The third-order valence-corrected chi connectivity index (χ3v) is 5.90. The second-order valence-electron chi connectivity index (χ2n) is 6.16. The summed E-state index contributed by atoms with van der Waals surface area (Å²) in [5.74, 6) is -0.0453. The summed E-state index contributed by atoms with van der Waals surface area (Å²) in [7, 11) is -1.26. The lowest BCUT2D eigenvalue weighted by atomic mass is 10.1. The van der Waals surface area contributed by atoms with Gasteiger partial charge in [-0.15, -0.1) is 0 Å². The van der Waals surface area contributed by atoms with Gasteiger partial charge in [-0.25, -0.2) is 8.42 Å². The Bertz CT molecular complexity index is 821. The summed E-state index contributed by atoms with van der Waals surface area (Å²) >= 11 is 0. The van der Waals surface area contributed by atoms with Crippen LogP contribution in [0.4, 0.5) is 0 Å². The first-order valence-corrected chi connectivity index (χ1v) is 9.33. The van der Waals surface area contributed by atoms with Crippen molar-refractivity contribution >= 4 is 15.7 Å². The van der Waals surface area contributed by atoms with Gasteiger partial charge in [0.1, 0.15) is 0 Å². The number of nitrogens with one attached hydrogen (secondary N) is 1. The molecule has 3 rings (SSSR count). The lowest BCUT2D eigenvalue weighted by Gasteiger charge is -2.22. The van der Waals surface area contributed by atoms with Crippen molar-refractivity contribution in [2.45, 2.75) is 6.92 Å². The van der Waals surface area contributed by atoms with Crippen LogP contribution in [0.15, 0.2) is 24.8 Å². The van der Waals surface area contributed by atoms with Gasteiger partial charge in [0.2, 0.25) is 0 Å². The molecule has 0 aliphatic carbocycles. The maximum absolute atomic E-state index is 12.9. The molecule has 2 aromatic rings. The number of hydrogen-bond acceptors (Lipinski definition) is 4. The number of carbonyl (C=O) groups excluding carboxylic acids is 1. The van der Waals surface area contributed by atoms with E-state index in [0.29, 0.717) is 12.1 Å². The van der Waals surface area contributed by atoms with Gasteiger partial charge in [-0.3, -0.25) is 9.48 Å². The Morgan fingerprint density at radius 1 is 1.39 bits per heavy atom. The zero-order valence-corrected chi connectivity index (χ0v) is 14.0. The van der Waals surface area contributed by atoms with E-state index in [4.69, 9.17) is 0 Å². The smallest absolute Gasteiger partial charge is 0.256 e. The molecule has 1 unspecified atom stereocenters. The van der Waals surface area contributed by atoms with E-state index in [9.17, 15) is 13.2 Å². The normalized spacial score (nSPS) is 21.1. The largest absolute Gasteiger partial charge is 0.366 e. The minimum absolute atomic E-state index is 0.0235. The molecule has 1 fully saturated rings. The van der Waals surface area contributed by atoms with Crippen LogP contribution in [-0.4, -0.2) is 58.6 Å². The molecule has 23 heavy (non-hydrogen) atoms. The quantitative estimate of drug-likeness (QED) is 0.883. The average molecular weight is 336 g/mol. The summed E-state index contributed by atoms with van der Waals surface area (Å²) in [6.45, 7) is 2.56. The van der Waals surface area contributed by atoms with Crippen LogP contribution in [0.2, 0.25) is 0 Å². The molecule has 1 atom stereocenters. The molecule has 0 radical (unpaired) electrons. The molecule has 1 amide bonds. The molecule has 0 saturated carbocycles. The van der Waals surface area contributed by atoms with Crippen LogP contribution < -0.4 is 0 Å². The van der Waals surface area contributed by atoms with Gasteiger partial charge in [0.15, 0.2) is 9.84 Å². The number of sulfone groups is 1. The predicted molar refractivity (Wildman–Crippen MR) is 86.7 cm³/mol. The van der Waals surface area contributed by atoms with Gasteiger partial charge >= 0.3 is 0 Å². The first-order chi connectivity index (χ1) is 10.9. The molecule has 1 aliphatic rings. The Balaban J connectivity index is 1.88. The van der Waals surface area contributed by atoms with Gasteiger partial charge in [-0.05, 0) is 5.92 Å². The van der Waals surface area contributed by atoms with E-state index in [-0.39, 0.29) is 29.9 Å². The fourth-order valence-electron chi connectivity index (χ4n) is 2.98. The van der Waals surface area contributed by atoms with Crippen molar-refractivity contribution in [3.8, 4) is 11.1 Å². The molecule has 7 nitrogen and oxygen atoms in total. The fourth-order valence-corrected chi connectivity index (χ4v) is 4.62. The number of hydrogen-bond donors (Lipinski definition) is 1. The van der Waals surface area contributed by atoms with E-state index in [0.717, 1.165) is 11.1 Å². The average Bonchev–Trinajstić information content (AvgIpc) is 3.07. The molecule has 124 valence electrons. The Morgan fingerprint density at radius 3 is 2.87 bits per heavy atom. The fraction of sp³-hybridized carbons (Fsp3) is 0.467. The summed E-state index contributed by atoms with van der Waals surface area (Å²) < 4.78 is 25.4. The monoisotopic (exact) mass is 336 g/mol. The van der Waals surface area contributed by atoms with Crippen LogP contribution in [0.25, 0.3) is 11.1 Å². The topological polar surface area (TPSA) is 88.1 Å². The molecular formula is C15H20N4O3S. The van der Waals surface area contributed by atoms with Gasteiger partial charge in [0, 0.05) is 49.9 Å². The van der Waals surface area contributed by atoms with Gasteiger partial charge in [-0.2, -0.15) is 5.10 Å². The van der Waals surface area contributed by atoms with Gasteiger partial charge in [-0.1, -0.05) is 6.92 Å². The van der Waals surface area contributed by atoms with E-state index in [2.05, 4.69) is 10.1 Å². The molecule has 1 N–H and O–H groups in total. The molecular weight excluding hydrogens is 316 g/mol. The van der Waals surface area contributed by atoms with E-state index >= 15 is 0 Å². The van der Waals surface area contributed by atoms with Crippen LogP contribution in [-0.2, 0) is 16.9 Å². The third kappa shape index (κ3) is 3.31. The van der Waals surface area contributed by atoms with Crippen molar-refractivity contribution in [1.29, 1.82) is 0 Å². The van der Waals surface area contributed by atoms with E-state index in [1.165, 1.54) is 0 Å². The Kier molecular flexibility index (Phi) is 4.01. The molecule has 0 spiro atoms. The van der Waals surface area contributed by atoms with Crippen molar-refractivity contribution in [1.82, 2.24) is 19.7 Å². The summed E-state index contributed by atoms with van der Waals surface area (Å²) in [5, 5.41) is 4.13. The van der Waals surface area contributed by atoms with E-state index in [1.807, 2.05) is 20.2 Å². The number of carbonyl (C=O) groups is 1. The number of rotatable bonds is 2. The van der Waals surface area contributed by atoms with Crippen LogP contribution in [0.5, 0.6) is 0 Å². The minimum Gasteiger partial charge on any atom is -0.366 e. The van der Waals surface area contributed by atoms with E-state index in [1.54, 1.807) is 28.2 Å². The molecule has 0 bridgehead atoms. The standard InChI is InChI=1S/C15H20N4O3S/c1-11-8-19(3-4-23(21,22)10-11)15(20)14-7-16-6-13(14)12-5-17-18(2)9-12/h5-7,9,11,16H,3-4,8,10H2,1-2H3. The highest BCUT2D eigenvalue weighted by Gasteiger charge is 2.29. The summed E-state index contributed by atoms with van der Waals surface area (Å²) in [6, 6.07) is 0. The second kappa shape index (κ2) is 5.84. The number of nitrogens with zero attached hydrogens (tertiary/aromatic N) is 3. The molecule has 8 heteroatoms. The van der Waals surface area contributed by atoms with Crippen molar-refractivity contribution in [3.63, 3.8) is 0 Å². The summed E-state index contributed by atoms with van der Waals surface area (Å²) in [6.07, 6.45) is 6.97. The number of H-pyrrole nitrogens is 1. The third-order valence-electron chi connectivity index (χ3n) is 4.02. The maximum Gasteiger partial charge on any atom is 0.256 e. The highest BCUT2D eigenvalue weighted by atomic mass is 32.2. The second-order valence-corrected chi connectivity index (χ2v) is 8.38. The molecule has 2 aromatic heterocycles. The maximum atomic E-state index is 12.9. The number of aromatic amines is 1. The molecule has 1 saturated heterocycles. The predicted octanol–water partition coefficient (Wildman–Crippen LogP) is 0.922. The zero-order chi connectivity index (χ0) is 16.6. The highest BCUT2D eigenvalue weighted by Crippen LogP contribution is 2.25. The van der Waals surface area contributed by atoms with Gasteiger partial charge in [0.05, 0.1) is 23.3 Å². The lowest BCUT2D eigenvalue weighted by Crippen LogP contribution is -2.35. The Hall–Kier alpha value is -2.09. The molecule has 0 aromatic carbocycles.